The van der Waals surface area contributed by atoms with E-state index in [1.165, 1.54) is 0 Å². The topological polar surface area (TPSA) is 75.7 Å². The summed E-state index contributed by atoms with van der Waals surface area (Å²) in [5.74, 6) is 0.302. The van der Waals surface area contributed by atoms with Crippen LogP contribution >= 0.6 is 0 Å². The number of nitrogens with zero attached hydrogens (tertiary/aromatic N) is 1. The first-order valence-electron chi connectivity index (χ1n) is 7.44. The number of ether oxygens (including phenoxy) is 1. The second-order valence-corrected chi connectivity index (χ2v) is 6.44. The average Bonchev–Trinajstić information content (AvgIpc) is 2.36. The van der Waals surface area contributed by atoms with E-state index in [4.69, 9.17) is 4.74 Å². The number of Topliss-reactive ketones (excluding diaryl/α,β-unsaturated/α-hetero) is 1. The summed E-state index contributed by atoms with van der Waals surface area (Å²) >= 11 is 0. The number of hydrogen-bond acceptors (Lipinski definition) is 4. The molecule has 1 heterocycles. The third-order valence-corrected chi connectivity index (χ3v) is 3.43. The first kappa shape index (κ1) is 17.5. The first-order chi connectivity index (χ1) is 9.69. The highest BCUT2D eigenvalue weighted by Gasteiger charge is 2.25. The second kappa shape index (κ2) is 7.43. The summed E-state index contributed by atoms with van der Waals surface area (Å²) in [7, 11) is 0. The monoisotopic (exact) mass is 298 g/mol. The molecule has 21 heavy (non-hydrogen) atoms. The number of ketones is 1. The van der Waals surface area contributed by atoms with Gasteiger partial charge in [-0.05, 0) is 40.5 Å². The van der Waals surface area contributed by atoms with Gasteiger partial charge in [0.15, 0.2) is 0 Å². The number of carbonyl (C=O) groups excluding carboxylic acids is 3. The molecule has 0 spiro atoms. The van der Waals surface area contributed by atoms with Crippen molar-refractivity contribution in [3.05, 3.63) is 0 Å². The molecule has 2 amide bonds. The van der Waals surface area contributed by atoms with Crippen LogP contribution in [0.5, 0.6) is 0 Å². The Labute approximate surface area is 126 Å². The van der Waals surface area contributed by atoms with Gasteiger partial charge in [0.1, 0.15) is 11.4 Å². The smallest absolute Gasteiger partial charge is 0.407 e. The van der Waals surface area contributed by atoms with E-state index in [1.807, 2.05) is 0 Å². The predicted molar refractivity (Wildman–Crippen MR) is 78.8 cm³/mol. The SMILES string of the molecule is CC(=O)C1CCN(C(=O)CCNC(=O)OC(C)(C)C)CC1. The quantitative estimate of drug-likeness (QED) is 0.857. The van der Waals surface area contributed by atoms with Crippen molar-refractivity contribution < 1.29 is 19.1 Å². The van der Waals surface area contributed by atoms with Crippen molar-refractivity contribution in [2.24, 2.45) is 5.92 Å². The summed E-state index contributed by atoms with van der Waals surface area (Å²) in [4.78, 5) is 36.5. The van der Waals surface area contributed by atoms with Gasteiger partial charge >= 0.3 is 6.09 Å². The molecule has 0 bridgehead atoms. The molecule has 0 unspecified atom stereocenters. The first-order valence-corrected chi connectivity index (χ1v) is 7.44. The lowest BCUT2D eigenvalue weighted by atomic mass is 9.93. The zero-order valence-corrected chi connectivity index (χ0v) is 13.4. The van der Waals surface area contributed by atoms with Gasteiger partial charge in [-0.25, -0.2) is 4.79 Å². The van der Waals surface area contributed by atoms with Crippen LogP contribution in [-0.4, -0.2) is 47.9 Å². The molecule has 1 aliphatic heterocycles. The molecule has 6 nitrogen and oxygen atoms in total. The number of piperidine rings is 1. The zero-order chi connectivity index (χ0) is 16.0. The molecule has 0 aromatic heterocycles. The highest BCUT2D eigenvalue weighted by molar-refractivity contribution is 5.80. The molecule has 120 valence electrons. The molecule has 0 radical (unpaired) electrons. The largest absolute Gasteiger partial charge is 0.444 e. The number of amides is 2. The Kier molecular flexibility index (Phi) is 6.18. The van der Waals surface area contributed by atoms with Crippen LogP contribution in [0.2, 0.25) is 0 Å². The van der Waals surface area contributed by atoms with Gasteiger partial charge in [0.25, 0.3) is 0 Å². The molecular formula is C15H26N2O4. The highest BCUT2D eigenvalue weighted by Crippen LogP contribution is 2.18. The van der Waals surface area contributed by atoms with Crippen molar-refractivity contribution in [1.29, 1.82) is 0 Å². The van der Waals surface area contributed by atoms with Crippen LogP contribution in [0.3, 0.4) is 0 Å². The van der Waals surface area contributed by atoms with Crippen molar-refractivity contribution in [1.82, 2.24) is 10.2 Å². The Morgan fingerprint density at radius 1 is 1.19 bits per heavy atom. The number of alkyl carbamates (subject to hydrolysis) is 1. The van der Waals surface area contributed by atoms with Crippen molar-refractivity contribution in [3.63, 3.8) is 0 Å². The van der Waals surface area contributed by atoms with Gasteiger partial charge in [-0.2, -0.15) is 0 Å². The molecule has 1 saturated heterocycles. The van der Waals surface area contributed by atoms with Crippen LogP contribution in [0.1, 0.15) is 47.0 Å². The molecule has 1 N–H and O–H groups in total. The second-order valence-electron chi connectivity index (χ2n) is 6.44. The fourth-order valence-corrected chi connectivity index (χ4v) is 2.28. The summed E-state index contributed by atoms with van der Waals surface area (Å²) in [6.07, 6.45) is 1.22. The van der Waals surface area contributed by atoms with Crippen molar-refractivity contribution >= 4 is 17.8 Å². The van der Waals surface area contributed by atoms with Gasteiger partial charge in [0, 0.05) is 32.0 Å². The van der Waals surface area contributed by atoms with Crippen LogP contribution in [0, 0.1) is 5.92 Å². The van der Waals surface area contributed by atoms with Gasteiger partial charge in [-0.1, -0.05) is 0 Å². The van der Waals surface area contributed by atoms with Crippen LogP contribution in [-0.2, 0) is 14.3 Å². The molecule has 0 saturated carbocycles. The molecule has 6 heteroatoms. The summed E-state index contributed by atoms with van der Waals surface area (Å²) in [6, 6.07) is 0. The third-order valence-electron chi connectivity index (χ3n) is 3.43. The van der Waals surface area contributed by atoms with Crippen molar-refractivity contribution in [3.8, 4) is 0 Å². The van der Waals surface area contributed by atoms with E-state index in [0.29, 0.717) is 13.1 Å². The van der Waals surface area contributed by atoms with Gasteiger partial charge in [0.05, 0.1) is 0 Å². The van der Waals surface area contributed by atoms with E-state index in [1.54, 1.807) is 32.6 Å². The van der Waals surface area contributed by atoms with Crippen molar-refractivity contribution in [2.75, 3.05) is 19.6 Å². The summed E-state index contributed by atoms with van der Waals surface area (Å²) in [5.41, 5.74) is -0.539. The van der Waals surface area contributed by atoms with E-state index in [-0.39, 0.29) is 30.6 Å². The highest BCUT2D eigenvalue weighted by atomic mass is 16.6. The fourth-order valence-electron chi connectivity index (χ4n) is 2.28. The minimum atomic E-state index is -0.539. The van der Waals surface area contributed by atoms with Crippen LogP contribution in [0.4, 0.5) is 4.79 Å². The lowest BCUT2D eigenvalue weighted by Crippen LogP contribution is -2.41. The van der Waals surface area contributed by atoms with Crippen LogP contribution < -0.4 is 5.32 Å². The zero-order valence-electron chi connectivity index (χ0n) is 13.4. The number of nitrogens with one attached hydrogen (secondary N) is 1. The molecule has 1 rings (SSSR count). The van der Waals surface area contributed by atoms with Crippen LogP contribution in [0.15, 0.2) is 0 Å². The minimum Gasteiger partial charge on any atom is -0.444 e. The summed E-state index contributed by atoms with van der Waals surface area (Å²) in [6.45, 7) is 8.48. The number of hydrogen-bond donors (Lipinski definition) is 1. The maximum Gasteiger partial charge on any atom is 0.407 e. The maximum absolute atomic E-state index is 12.0. The van der Waals surface area contributed by atoms with E-state index in [9.17, 15) is 14.4 Å². The van der Waals surface area contributed by atoms with Gasteiger partial charge in [0.2, 0.25) is 5.91 Å². The molecule has 0 atom stereocenters. The predicted octanol–water partition coefficient (Wildman–Crippen LogP) is 1.73. The Morgan fingerprint density at radius 3 is 2.24 bits per heavy atom. The van der Waals surface area contributed by atoms with Gasteiger partial charge in [-0.15, -0.1) is 0 Å². The normalized spacial score (nSPS) is 16.5. The molecule has 0 aliphatic carbocycles. The minimum absolute atomic E-state index is 0.00746. The lowest BCUT2D eigenvalue weighted by Gasteiger charge is -2.31. The Hall–Kier alpha value is -1.59. The Balaban J connectivity index is 2.23. The van der Waals surface area contributed by atoms with Crippen LogP contribution in [0.25, 0.3) is 0 Å². The van der Waals surface area contributed by atoms with E-state index >= 15 is 0 Å². The van der Waals surface area contributed by atoms with Gasteiger partial charge in [-0.3, -0.25) is 9.59 Å². The van der Waals surface area contributed by atoms with Gasteiger partial charge < -0.3 is 15.0 Å². The summed E-state index contributed by atoms with van der Waals surface area (Å²) < 4.78 is 5.09. The maximum atomic E-state index is 12.0. The molecule has 1 fully saturated rings. The number of likely N-dealkylation sites (tertiary alicyclic amines) is 1. The summed E-state index contributed by atoms with van der Waals surface area (Å²) in [5, 5.41) is 2.57. The molecule has 0 aromatic carbocycles. The van der Waals surface area contributed by atoms with Crippen molar-refractivity contribution in [2.45, 2.75) is 52.6 Å². The number of carbonyl (C=O) groups is 3. The number of rotatable bonds is 4. The average molecular weight is 298 g/mol. The van der Waals surface area contributed by atoms with E-state index < -0.39 is 11.7 Å². The Morgan fingerprint density at radius 2 is 1.76 bits per heavy atom. The fraction of sp³-hybridized carbons (Fsp3) is 0.800. The van der Waals surface area contributed by atoms with E-state index in [0.717, 1.165) is 12.8 Å². The lowest BCUT2D eigenvalue weighted by molar-refractivity contribution is -0.134. The standard InChI is InChI=1S/C15H26N2O4/c1-11(18)12-6-9-17(10-7-12)13(19)5-8-16-14(20)21-15(2,3)4/h12H,5-10H2,1-4H3,(H,16,20). The molecule has 0 aromatic rings. The molecular weight excluding hydrogens is 272 g/mol. The van der Waals surface area contributed by atoms with E-state index in [2.05, 4.69) is 5.32 Å². The molecule has 1 aliphatic rings. The Bertz CT molecular complexity index is 393. The third kappa shape index (κ3) is 6.60.